The number of amides is 2. The summed E-state index contributed by atoms with van der Waals surface area (Å²) in [5, 5.41) is 3.24. The van der Waals surface area contributed by atoms with E-state index >= 15 is 0 Å². The molecule has 0 bridgehead atoms. The smallest absolute Gasteiger partial charge is 0.243 e. The van der Waals surface area contributed by atoms with E-state index in [0.29, 0.717) is 17.8 Å². The molecule has 0 saturated heterocycles. The summed E-state index contributed by atoms with van der Waals surface area (Å²) in [5.74, 6) is 1.83. The Bertz CT molecular complexity index is 1030. The van der Waals surface area contributed by atoms with Gasteiger partial charge in [-0.2, -0.15) is 0 Å². The van der Waals surface area contributed by atoms with Gasteiger partial charge in [-0.25, -0.2) is 4.39 Å². The van der Waals surface area contributed by atoms with E-state index in [1.807, 2.05) is 0 Å². The summed E-state index contributed by atoms with van der Waals surface area (Å²) in [6, 6.07) is 7.04. The summed E-state index contributed by atoms with van der Waals surface area (Å²) in [6.07, 6.45) is 14.8. The molecule has 1 aliphatic heterocycles. The molecular weight excluding hydrogens is 439 g/mol. The monoisotopic (exact) mass is 478 g/mol. The third kappa shape index (κ3) is 3.59. The van der Waals surface area contributed by atoms with Gasteiger partial charge in [0.15, 0.2) is 0 Å². The van der Waals surface area contributed by atoms with Crippen LogP contribution in [0, 0.1) is 40.3 Å². The summed E-state index contributed by atoms with van der Waals surface area (Å²) >= 11 is 0. The van der Waals surface area contributed by atoms with Crippen molar-refractivity contribution in [1.82, 2.24) is 5.32 Å². The van der Waals surface area contributed by atoms with Crippen LogP contribution >= 0.6 is 0 Å². The van der Waals surface area contributed by atoms with Gasteiger partial charge in [0.1, 0.15) is 5.82 Å². The summed E-state index contributed by atoms with van der Waals surface area (Å²) in [4.78, 5) is 28.4. The minimum Gasteiger partial charge on any atom is -0.349 e. The second kappa shape index (κ2) is 8.45. The Morgan fingerprint density at radius 3 is 2.46 bits per heavy atom. The van der Waals surface area contributed by atoms with Crippen molar-refractivity contribution in [3.05, 3.63) is 42.2 Å². The normalized spacial score (nSPS) is 40.5. The quantitative estimate of drug-likeness (QED) is 0.578. The van der Waals surface area contributed by atoms with Crippen molar-refractivity contribution in [1.29, 1.82) is 0 Å². The number of nitrogens with zero attached hydrogens (tertiary/aromatic N) is 1. The molecule has 0 aromatic heterocycles. The lowest BCUT2D eigenvalue weighted by molar-refractivity contribution is -0.132. The van der Waals surface area contributed by atoms with Crippen LogP contribution < -0.4 is 10.2 Å². The van der Waals surface area contributed by atoms with Gasteiger partial charge in [-0.15, -0.1) is 0 Å². The van der Waals surface area contributed by atoms with E-state index in [2.05, 4.69) is 30.1 Å². The Hall–Kier alpha value is -2.17. The fourth-order valence-corrected chi connectivity index (χ4v) is 9.19. The SMILES string of the molecule is C[C@]12C=CC(=O)NC1CC[C@@H]1[C@H]2CC[C@]2(C)C(C(=O)N(c3ccc(F)cc3)C3CCCC3)CC[C@@H]12. The predicted octanol–water partition coefficient (Wildman–Crippen LogP) is 6.01. The standard InChI is InChI=1S/C30H39FN2O2/c1-29-17-15-24-22(11-14-26-30(24,2)18-16-27(34)32-26)23(29)12-13-25(29)28(35)33(20-5-3-4-6-20)21-9-7-19(31)8-10-21/h7-10,16,18,20,22-26H,3-6,11-15,17H2,1-2H3,(H,32,34)/t22-,23-,24+,25?,26?,29-,30+/m0/s1. The number of halogens is 1. The van der Waals surface area contributed by atoms with Crippen LogP contribution in [0.25, 0.3) is 0 Å². The van der Waals surface area contributed by atoms with E-state index < -0.39 is 0 Å². The molecule has 0 spiro atoms. The average Bonchev–Trinajstić information content (AvgIpc) is 3.48. The topological polar surface area (TPSA) is 49.4 Å². The number of anilines is 1. The van der Waals surface area contributed by atoms with E-state index in [9.17, 15) is 14.0 Å². The number of rotatable bonds is 3. The number of hydrogen-bond donors (Lipinski definition) is 1. The molecular formula is C30H39FN2O2. The van der Waals surface area contributed by atoms with Gasteiger partial charge in [-0.1, -0.05) is 32.8 Å². The molecule has 6 rings (SSSR count). The summed E-state index contributed by atoms with van der Waals surface area (Å²) in [7, 11) is 0. The van der Waals surface area contributed by atoms with E-state index in [4.69, 9.17) is 0 Å². The third-order valence-electron chi connectivity index (χ3n) is 11.0. The maximum atomic E-state index is 14.3. The van der Waals surface area contributed by atoms with E-state index in [1.54, 1.807) is 18.2 Å². The first-order chi connectivity index (χ1) is 16.8. The highest BCUT2D eigenvalue weighted by Gasteiger charge is 2.61. The van der Waals surface area contributed by atoms with Crippen LogP contribution in [0.2, 0.25) is 0 Å². The second-order valence-corrected chi connectivity index (χ2v) is 12.5. The molecule has 5 aliphatic rings. The van der Waals surface area contributed by atoms with Gasteiger partial charge in [0.25, 0.3) is 0 Å². The maximum Gasteiger partial charge on any atom is 0.243 e. The van der Waals surface area contributed by atoms with Crippen LogP contribution in [0.3, 0.4) is 0 Å². The van der Waals surface area contributed by atoms with Crippen molar-refractivity contribution < 1.29 is 14.0 Å². The molecule has 35 heavy (non-hydrogen) atoms. The lowest BCUT2D eigenvalue weighted by Crippen LogP contribution is -2.59. The third-order valence-corrected chi connectivity index (χ3v) is 11.0. The number of benzene rings is 1. The second-order valence-electron chi connectivity index (χ2n) is 12.5. The molecule has 1 aromatic carbocycles. The Morgan fingerprint density at radius 2 is 1.71 bits per heavy atom. The zero-order valence-electron chi connectivity index (χ0n) is 21.1. The minimum absolute atomic E-state index is 0.0138. The molecule has 1 heterocycles. The first-order valence-electron chi connectivity index (χ1n) is 13.9. The molecule has 188 valence electrons. The minimum atomic E-state index is -0.254. The first kappa shape index (κ1) is 23.2. The van der Waals surface area contributed by atoms with Crippen molar-refractivity contribution in [3.63, 3.8) is 0 Å². The van der Waals surface area contributed by atoms with Crippen molar-refractivity contribution >= 4 is 17.5 Å². The summed E-state index contributed by atoms with van der Waals surface area (Å²) in [5.41, 5.74) is 0.893. The predicted molar refractivity (Wildman–Crippen MR) is 135 cm³/mol. The fraction of sp³-hybridized carbons (Fsp3) is 0.667. The lowest BCUT2D eigenvalue weighted by Gasteiger charge is -2.58. The largest absolute Gasteiger partial charge is 0.349 e. The Balaban J connectivity index is 1.28. The Kier molecular flexibility index (Phi) is 5.61. The zero-order chi connectivity index (χ0) is 24.4. The molecule has 1 N–H and O–H groups in total. The highest BCUT2D eigenvalue weighted by Crippen LogP contribution is 2.65. The van der Waals surface area contributed by atoms with Crippen molar-refractivity contribution in [2.45, 2.75) is 90.1 Å². The number of carbonyl (C=O) groups is 2. The number of carbonyl (C=O) groups excluding carboxylic acids is 2. The van der Waals surface area contributed by atoms with Crippen LogP contribution in [-0.2, 0) is 9.59 Å². The lowest BCUT2D eigenvalue weighted by atomic mass is 9.48. The van der Waals surface area contributed by atoms with Gasteiger partial charge >= 0.3 is 0 Å². The first-order valence-corrected chi connectivity index (χ1v) is 13.9. The molecule has 4 aliphatic carbocycles. The molecule has 4 nitrogen and oxygen atoms in total. The average molecular weight is 479 g/mol. The van der Waals surface area contributed by atoms with E-state index in [0.717, 1.165) is 69.9 Å². The van der Waals surface area contributed by atoms with Crippen LogP contribution in [0.1, 0.15) is 78.1 Å². The summed E-state index contributed by atoms with van der Waals surface area (Å²) in [6.45, 7) is 4.74. The van der Waals surface area contributed by atoms with Gasteiger partial charge in [0.2, 0.25) is 11.8 Å². The van der Waals surface area contributed by atoms with Gasteiger partial charge in [0, 0.05) is 29.1 Å². The van der Waals surface area contributed by atoms with Crippen LogP contribution in [0.5, 0.6) is 0 Å². The molecule has 5 heteroatoms. The molecule has 0 radical (unpaired) electrons. The Morgan fingerprint density at radius 1 is 0.971 bits per heavy atom. The highest BCUT2D eigenvalue weighted by atomic mass is 19.1. The van der Waals surface area contributed by atoms with Crippen LogP contribution in [-0.4, -0.2) is 23.9 Å². The zero-order valence-corrected chi connectivity index (χ0v) is 21.1. The van der Waals surface area contributed by atoms with Gasteiger partial charge < -0.3 is 10.2 Å². The number of hydrogen-bond acceptors (Lipinski definition) is 2. The number of nitrogens with one attached hydrogen (secondary N) is 1. The van der Waals surface area contributed by atoms with Gasteiger partial charge in [0.05, 0.1) is 0 Å². The molecule has 2 unspecified atom stereocenters. The molecule has 4 fully saturated rings. The molecule has 7 atom stereocenters. The molecule has 2 amide bonds. The fourth-order valence-electron chi connectivity index (χ4n) is 9.19. The maximum absolute atomic E-state index is 14.3. The highest BCUT2D eigenvalue weighted by molar-refractivity contribution is 5.96. The van der Waals surface area contributed by atoms with Crippen molar-refractivity contribution in [2.75, 3.05) is 4.90 Å². The number of fused-ring (bicyclic) bond motifs is 5. The van der Waals surface area contributed by atoms with Crippen molar-refractivity contribution in [3.8, 4) is 0 Å². The van der Waals surface area contributed by atoms with Crippen LogP contribution in [0.15, 0.2) is 36.4 Å². The van der Waals surface area contributed by atoms with E-state index in [1.165, 1.54) is 12.1 Å². The molecule has 4 saturated carbocycles. The van der Waals surface area contributed by atoms with Crippen LogP contribution in [0.4, 0.5) is 10.1 Å². The molecule has 1 aromatic rings. The Labute approximate surface area is 208 Å². The van der Waals surface area contributed by atoms with E-state index in [-0.39, 0.29) is 46.5 Å². The van der Waals surface area contributed by atoms with Gasteiger partial charge in [-0.05, 0) is 105 Å². The summed E-state index contributed by atoms with van der Waals surface area (Å²) < 4.78 is 13.7. The van der Waals surface area contributed by atoms with Gasteiger partial charge in [-0.3, -0.25) is 9.59 Å². The van der Waals surface area contributed by atoms with Crippen molar-refractivity contribution in [2.24, 2.45) is 34.5 Å².